The largest absolute Gasteiger partial charge is 0.295 e. The van der Waals surface area contributed by atoms with Gasteiger partial charge in [-0.3, -0.25) is 9.80 Å². The molecule has 2 aliphatic rings. The molecule has 2 fully saturated rings. The molecule has 2 saturated heterocycles. The van der Waals surface area contributed by atoms with Crippen molar-refractivity contribution in [1.29, 1.82) is 0 Å². The maximum atomic E-state index is 13.9. The van der Waals surface area contributed by atoms with Crippen LogP contribution in [0.4, 0.5) is 4.39 Å². The van der Waals surface area contributed by atoms with Crippen LogP contribution in [0.25, 0.3) is 0 Å². The normalized spacial score (nSPS) is 33.7. The Balaban J connectivity index is 1.79. The van der Waals surface area contributed by atoms with E-state index in [4.69, 9.17) is 0 Å². The smallest absolute Gasteiger partial charge is 0.116 e. The van der Waals surface area contributed by atoms with Crippen molar-refractivity contribution < 1.29 is 4.39 Å². The summed E-state index contributed by atoms with van der Waals surface area (Å²) >= 11 is 0. The van der Waals surface area contributed by atoms with Crippen molar-refractivity contribution in [2.75, 3.05) is 26.2 Å². The Kier molecular flexibility index (Phi) is 3.79. The fourth-order valence-electron chi connectivity index (χ4n) is 3.00. The Morgan fingerprint density at radius 2 is 1.82 bits per heavy atom. The summed E-state index contributed by atoms with van der Waals surface area (Å²) in [5, 5.41) is 0. The van der Waals surface area contributed by atoms with Crippen molar-refractivity contribution in [3.05, 3.63) is 0 Å². The maximum Gasteiger partial charge on any atom is 0.116 e. The number of nitrogens with zero attached hydrogens (tertiary/aromatic N) is 2. The molecular weight excluding hydrogens is 215 g/mol. The number of likely N-dealkylation sites (tertiary alicyclic amines) is 2. The molecule has 0 N–H and O–H groups in total. The Morgan fingerprint density at radius 3 is 2.29 bits per heavy atom. The van der Waals surface area contributed by atoms with E-state index in [1.165, 1.54) is 0 Å². The highest BCUT2D eigenvalue weighted by atomic mass is 19.1. The summed E-state index contributed by atoms with van der Waals surface area (Å²) < 4.78 is 13.9. The van der Waals surface area contributed by atoms with Crippen LogP contribution in [-0.2, 0) is 0 Å². The van der Waals surface area contributed by atoms with Crippen molar-refractivity contribution in [2.45, 2.75) is 58.3 Å². The van der Waals surface area contributed by atoms with Crippen LogP contribution in [0, 0.1) is 5.92 Å². The average Bonchev–Trinajstić information content (AvgIpc) is 2.13. The summed E-state index contributed by atoms with van der Waals surface area (Å²) in [5.74, 6) is 0.310. The molecule has 2 unspecified atom stereocenters. The lowest BCUT2D eigenvalue weighted by atomic mass is 9.89. The van der Waals surface area contributed by atoms with Gasteiger partial charge in [0.2, 0.25) is 0 Å². The fourth-order valence-corrected chi connectivity index (χ4v) is 3.00. The summed E-state index contributed by atoms with van der Waals surface area (Å²) in [4.78, 5) is 4.86. The lowest BCUT2D eigenvalue weighted by molar-refractivity contribution is -0.0488. The van der Waals surface area contributed by atoms with Crippen LogP contribution in [-0.4, -0.2) is 53.7 Å². The first-order chi connectivity index (χ1) is 7.91. The zero-order chi connectivity index (χ0) is 12.6. The highest BCUT2D eigenvalue weighted by Gasteiger charge is 2.40. The quantitative estimate of drug-likeness (QED) is 0.734. The Morgan fingerprint density at radius 1 is 1.18 bits per heavy atom. The molecule has 17 heavy (non-hydrogen) atoms. The molecule has 0 aromatic heterocycles. The zero-order valence-electron chi connectivity index (χ0n) is 11.7. The van der Waals surface area contributed by atoms with Crippen LogP contribution in [0.2, 0.25) is 0 Å². The minimum Gasteiger partial charge on any atom is -0.295 e. The summed E-state index contributed by atoms with van der Waals surface area (Å²) in [7, 11) is 0. The maximum absolute atomic E-state index is 13.9. The predicted molar refractivity (Wildman–Crippen MR) is 70.0 cm³/mol. The molecule has 100 valence electrons. The molecule has 0 saturated carbocycles. The second-order valence-electron chi connectivity index (χ2n) is 6.70. The van der Waals surface area contributed by atoms with E-state index < -0.39 is 6.17 Å². The SMILES string of the molecule is CCC1CCN(C2CN(C(C)(C)C)C2)CC1F. The molecule has 0 spiro atoms. The second-order valence-corrected chi connectivity index (χ2v) is 6.70. The van der Waals surface area contributed by atoms with E-state index in [-0.39, 0.29) is 5.54 Å². The molecule has 0 aromatic rings. The molecule has 2 aliphatic heterocycles. The van der Waals surface area contributed by atoms with Gasteiger partial charge in [-0.2, -0.15) is 0 Å². The number of alkyl halides is 1. The second kappa shape index (κ2) is 4.85. The lowest BCUT2D eigenvalue weighted by Gasteiger charge is -2.53. The lowest BCUT2D eigenvalue weighted by Crippen LogP contribution is -2.66. The Hall–Kier alpha value is -0.150. The van der Waals surface area contributed by atoms with E-state index in [1.807, 2.05) is 0 Å². The van der Waals surface area contributed by atoms with Gasteiger partial charge in [0.1, 0.15) is 6.17 Å². The van der Waals surface area contributed by atoms with Gasteiger partial charge in [0.15, 0.2) is 0 Å². The number of piperidine rings is 1. The van der Waals surface area contributed by atoms with Crippen molar-refractivity contribution >= 4 is 0 Å². The van der Waals surface area contributed by atoms with Gasteiger partial charge in [0, 0.05) is 31.2 Å². The summed E-state index contributed by atoms with van der Waals surface area (Å²) in [6.45, 7) is 12.9. The third kappa shape index (κ3) is 2.82. The average molecular weight is 242 g/mol. The van der Waals surface area contributed by atoms with Gasteiger partial charge in [-0.15, -0.1) is 0 Å². The Labute approximate surface area is 105 Å². The summed E-state index contributed by atoms with van der Waals surface area (Å²) in [5.41, 5.74) is 0.271. The molecular formula is C14H27FN2. The van der Waals surface area contributed by atoms with Crippen molar-refractivity contribution in [2.24, 2.45) is 5.92 Å². The highest BCUT2D eigenvalue weighted by Crippen LogP contribution is 2.29. The summed E-state index contributed by atoms with van der Waals surface area (Å²) in [6.07, 6.45) is 1.44. The van der Waals surface area contributed by atoms with Crippen molar-refractivity contribution in [3.8, 4) is 0 Å². The van der Waals surface area contributed by atoms with Crippen LogP contribution in [0.15, 0.2) is 0 Å². The van der Waals surface area contributed by atoms with E-state index in [0.717, 1.165) is 32.5 Å². The van der Waals surface area contributed by atoms with E-state index in [0.29, 0.717) is 18.5 Å². The third-order valence-corrected chi connectivity index (χ3v) is 4.56. The van der Waals surface area contributed by atoms with Gasteiger partial charge in [-0.25, -0.2) is 4.39 Å². The van der Waals surface area contributed by atoms with Gasteiger partial charge in [-0.1, -0.05) is 13.3 Å². The van der Waals surface area contributed by atoms with Gasteiger partial charge < -0.3 is 0 Å². The zero-order valence-corrected chi connectivity index (χ0v) is 11.7. The molecule has 2 nitrogen and oxygen atoms in total. The molecule has 0 amide bonds. The number of halogens is 1. The molecule has 0 aliphatic carbocycles. The monoisotopic (exact) mass is 242 g/mol. The standard InChI is InChI=1S/C14H27FN2/c1-5-11-6-7-16(10-13(11)15)12-8-17(9-12)14(2,3)4/h11-13H,5-10H2,1-4H3. The van der Waals surface area contributed by atoms with E-state index >= 15 is 0 Å². The molecule has 2 heterocycles. The van der Waals surface area contributed by atoms with Crippen LogP contribution in [0.3, 0.4) is 0 Å². The van der Waals surface area contributed by atoms with Gasteiger partial charge >= 0.3 is 0 Å². The van der Waals surface area contributed by atoms with E-state index in [2.05, 4.69) is 37.5 Å². The molecule has 3 heteroatoms. The third-order valence-electron chi connectivity index (χ3n) is 4.56. The molecule has 0 bridgehead atoms. The van der Waals surface area contributed by atoms with Crippen LogP contribution in [0.1, 0.15) is 40.5 Å². The van der Waals surface area contributed by atoms with E-state index in [9.17, 15) is 4.39 Å². The minimum atomic E-state index is -0.600. The number of hydrogen-bond donors (Lipinski definition) is 0. The topological polar surface area (TPSA) is 6.48 Å². The van der Waals surface area contributed by atoms with Gasteiger partial charge in [-0.05, 0) is 39.7 Å². The highest BCUT2D eigenvalue weighted by molar-refractivity contribution is 4.96. The number of hydrogen-bond acceptors (Lipinski definition) is 2. The molecule has 2 atom stereocenters. The molecule has 2 rings (SSSR count). The van der Waals surface area contributed by atoms with Crippen LogP contribution < -0.4 is 0 Å². The molecule has 0 aromatic carbocycles. The predicted octanol–water partition coefficient (Wildman–Crippen LogP) is 2.54. The summed E-state index contributed by atoms with van der Waals surface area (Å²) in [6, 6.07) is 0.602. The van der Waals surface area contributed by atoms with Gasteiger partial charge in [0.05, 0.1) is 0 Å². The first kappa shape index (κ1) is 13.3. The first-order valence-electron chi connectivity index (χ1n) is 7.05. The first-order valence-corrected chi connectivity index (χ1v) is 7.05. The van der Waals surface area contributed by atoms with Crippen LogP contribution >= 0.6 is 0 Å². The van der Waals surface area contributed by atoms with Crippen LogP contribution in [0.5, 0.6) is 0 Å². The van der Waals surface area contributed by atoms with E-state index in [1.54, 1.807) is 0 Å². The number of rotatable bonds is 2. The molecule has 0 radical (unpaired) electrons. The van der Waals surface area contributed by atoms with Crippen molar-refractivity contribution in [1.82, 2.24) is 9.80 Å². The fraction of sp³-hybridized carbons (Fsp3) is 1.00. The minimum absolute atomic E-state index is 0.271. The van der Waals surface area contributed by atoms with Crippen molar-refractivity contribution in [3.63, 3.8) is 0 Å². The van der Waals surface area contributed by atoms with Gasteiger partial charge in [0.25, 0.3) is 0 Å². The Bertz CT molecular complexity index is 255.